The molecule has 0 unspecified atom stereocenters. The van der Waals surface area contributed by atoms with Crippen LogP contribution in [0.3, 0.4) is 0 Å². The third-order valence-corrected chi connectivity index (χ3v) is 6.68. The minimum absolute atomic E-state index is 0.128. The highest BCUT2D eigenvalue weighted by atomic mass is 28.4. The van der Waals surface area contributed by atoms with Gasteiger partial charge in [-0.05, 0) is 26.2 Å². The van der Waals surface area contributed by atoms with Crippen LogP contribution in [0.1, 0.15) is 40.0 Å². The van der Waals surface area contributed by atoms with Crippen LogP contribution < -0.4 is 0 Å². The van der Waals surface area contributed by atoms with Crippen LogP contribution in [0.15, 0.2) is 0 Å². The van der Waals surface area contributed by atoms with Crippen molar-refractivity contribution < 1.29 is 22.8 Å². The number of rotatable bonds is 10. The first-order valence-electron chi connectivity index (χ1n) is 6.76. The molecule has 0 aromatic carbocycles. The molecular formula is C13H28O5Si. The molecule has 0 rings (SSSR count). The molecule has 0 aromatic rings. The molecule has 0 bridgehead atoms. The first kappa shape index (κ1) is 18.6. The van der Waals surface area contributed by atoms with Gasteiger partial charge in [0, 0.05) is 27.4 Å². The van der Waals surface area contributed by atoms with Gasteiger partial charge >= 0.3 is 14.8 Å². The van der Waals surface area contributed by atoms with Gasteiger partial charge in [0.25, 0.3) is 0 Å². The van der Waals surface area contributed by atoms with Crippen molar-refractivity contribution in [2.75, 3.05) is 27.9 Å². The summed E-state index contributed by atoms with van der Waals surface area (Å²) in [6.45, 7) is 6.32. The lowest BCUT2D eigenvalue weighted by molar-refractivity contribution is -0.155. The summed E-state index contributed by atoms with van der Waals surface area (Å²) in [5, 5.41) is 0. The SMILES string of the molecule is CCC(C)(CC)C(=O)OCCC[Si](OC)(OC)OC. The Morgan fingerprint density at radius 1 is 1.05 bits per heavy atom. The minimum atomic E-state index is -2.54. The maximum atomic E-state index is 12.0. The number of carbonyl (C=O) groups excluding carboxylic acids is 1. The number of hydrogen-bond donors (Lipinski definition) is 0. The van der Waals surface area contributed by atoms with Crippen molar-refractivity contribution in [2.24, 2.45) is 5.41 Å². The van der Waals surface area contributed by atoms with Gasteiger partial charge in [0.2, 0.25) is 0 Å². The first-order valence-corrected chi connectivity index (χ1v) is 8.69. The van der Waals surface area contributed by atoms with Gasteiger partial charge in [-0.2, -0.15) is 0 Å². The topological polar surface area (TPSA) is 54.0 Å². The zero-order chi connectivity index (χ0) is 14.9. The zero-order valence-corrected chi connectivity index (χ0v) is 14.1. The van der Waals surface area contributed by atoms with Crippen LogP contribution >= 0.6 is 0 Å². The Labute approximate surface area is 117 Å². The van der Waals surface area contributed by atoms with E-state index in [-0.39, 0.29) is 11.4 Å². The van der Waals surface area contributed by atoms with Gasteiger partial charge in [0.05, 0.1) is 12.0 Å². The third kappa shape index (κ3) is 5.22. The summed E-state index contributed by atoms with van der Waals surface area (Å²) in [6, 6.07) is 0.638. The Kier molecular flexibility index (Phi) is 8.48. The van der Waals surface area contributed by atoms with E-state index in [4.69, 9.17) is 18.0 Å². The molecule has 19 heavy (non-hydrogen) atoms. The van der Waals surface area contributed by atoms with Gasteiger partial charge in [-0.1, -0.05) is 13.8 Å². The van der Waals surface area contributed by atoms with E-state index in [1.54, 1.807) is 21.3 Å². The number of hydrogen-bond acceptors (Lipinski definition) is 5. The number of carbonyl (C=O) groups is 1. The van der Waals surface area contributed by atoms with E-state index in [1.165, 1.54) is 0 Å². The maximum absolute atomic E-state index is 12.0. The van der Waals surface area contributed by atoms with Gasteiger partial charge in [-0.15, -0.1) is 0 Å². The van der Waals surface area contributed by atoms with Crippen molar-refractivity contribution >= 4 is 14.8 Å². The molecule has 0 atom stereocenters. The average Bonchev–Trinajstić information content (AvgIpc) is 2.47. The van der Waals surface area contributed by atoms with Crippen LogP contribution in [0, 0.1) is 5.41 Å². The molecule has 0 aromatic heterocycles. The second-order valence-electron chi connectivity index (χ2n) is 4.80. The van der Waals surface area contributed by atoms with E-state index >= 15 is 0 Å². The van der Waals surface area contributed by atoms with Gasteiger partial charge in [0.15, 0.2) is 0 Å². The molecule has 0 spiro atoms. The van der Waals surface area contributed by atoms with Crippen LogP contribution in [0.5, 0.6) is 0 Å². The summed E-state index contributed by atoms with van der Waals surface area (Å²) < 4.78 is 21.3. The van der Waals surface area contributed by atoms with Gasteiger partial charge < -0.3 is 18.0 Å². The molecule has 0 radical (unpaired) electrons. The number of esters is 1. The Morgan fingerprint density at radius 3 is 1.89 bits per heavy atom. The Morgan fingerprint density at radius 2 is 1.53 bits per heavy atom. The highest BCUT2D eigenvalue weighted by Gasteiger charge is 2.37. The third-order valence-electron chi connectivity index (χ3n) is 3.85. The molecule has 0 fully saturated rings. The van der Waals surface area contributed by atoms with Crippen molar-refractivity contribution in [2.45, 2.75) is 46.1 Å². The Hall–Kier alpha value is -0.433. The molecule has 6 heteroatoms. The van der Waals surface area contributed by atoms with Crippen molar-refractivity contribution in [1.29, 1.82) is 0 Å². The standard InChI is InChI=1S/C13H28O5Si/c1-7-13(3,8-2)12(14)18-10-9-11-19(15-4,16-5)17-6/h7-11H2,1-6H3. The highest BCUT2D eigenvalue weighted by Crippen LogP contribution is 2.27. The quantitative estimate of drug-likeness (QED) is 0.352. The summed E-state index contributed by atoms with van der Waals surface area (Å²) in [7, 11) is 2.20. The van der Waals surface area contributed by atoms with Crippen molar-refractivity contribution in [1.82, 2.24) is 0 Å². The van der Waals surface area contributed by atoms with Crippen LogP contribution in [-0.2, 0) is 22.8 Å². The molecule has 0 saturated carbocycles. The fraction of sp³-hybridized carbons (Fsp3) is 0.923. The number of ether oxygens (including phenoxy) is 1. The fourth-order valence-corrected chi connectivity index (χ4v) is 3.41. The maximum Gasteiger partial charge on any atom is 0.500 e. The Balaban J connectivity index is 4.14. The molecular weight excluding hydrogens is 264 g/mol. The molecule has 114 valence electrons. The van der Waals surface area contributed by atoms with Crippen LogP contribution in [0.4, 0.5) is 0 Å². The highest BCUT2D eigenvalue weighted by molar-refractivity contribution is 6.60. The summed E-state index contributed by atoms with van der Waals surface area (Å²) in [6.07, 6.45) is 2.25. The molecule has 0 aliphatic carbocycles. The van der Waals surface area contributed by atoms with E-state index in [0.717, 1.165) is 12.8 Å². The predicted molar refractivity (Wildman–Crippen MR) is 75.9 cm³/mol. The van der Waals surface area contributed by atoms with Crippen molar-refractivity contribution in [3.8, 4) is 0 Å². The van der Waals surface area contributed by atoms with Crippen LogP contribution in [0.25, 0.3) is 0 Å². The summed E-state index contributed by atoms with van der Waals surface area (Å²) in [5.74, 6) is -0.128. The molecule has 0 N–H and O–H groups in total. The average molecular weight is 292 g/mol. The first-order chi connectivity index (χ1) is 8.93. The lowest BCUT2D eigenvalue weighted by Crippen LogP contribution is -2.42. The van der Waals surface area contributed by atoms with Gasteiger partial charge in [-0.3, -0.25) is 4.79 Å². The van der Waals surface area contributed by atoms with E-state index in [1.807, 2.05) is 20.8 Å². The zero-order valence-electron chi connectivity index (χ0n) is 13.1. The van der Waals surface area contributed by atoms with Gasteiger partial charge in [0.1, 0.15) is 0 Å². The molecule has 0 aliphatic heterocycles. The Bertz CT molecular complexity index is 253. The second-order valence-corrected chi connectivity index (χ2v) is 7.89. The minimum Gasteiger partial charge on any atom is -0.465 e. The lowest BCUT2D eigenvalue weighted by Gasteiger charge is -2.26. The lowest BCUT2D eigenvalue weighted by atomic mass is 9.85. The fourth-order valence-electron chi connectivity index (χ4n) is 1.72. The summed E-state index contributed by atoms with van der Waals surface area (Å²) in [5.41, 5.74) is -0.377. The van der Waals surface area contributed by atoms with Crippen molar-refractivity contribution in [3.63, 3.8) is 0 Å². The molecule has 0 saturated heterocycles. The molecule has 5 nitrogen and oxygen atoms in total. The second kappa shape index (κ2) is 8.68. The van der Waals surface area contributed by atoms with Crippen molar-refractivity contribution in [3.05, 3.63) is 0 Å². The molecule has 0 amide bonds. The van der Waals surface area contributed by atoms with E-state index in [9.17, 15) is 4.79 Å². The summed E-state index contributed by atoms with van der Waals surface area (Å²) >= 11 is 0. The largest absolute Gasteiger partial charge is 0.500 e. The monoisotopic (exact) mass is 292 g/mol. The van der Waals surface area contributed by atoms with E-state index < -0.39 is 8.80 Å². The van der Waals surface area contributed by atoms with Crippen LogP contribution in [0.2, 0.25) is 6.04 Å². The normalized spacial score (nSPS) is 12.5. The predicted octanol–water partition coefficient (Wildman–Crippen LogP) is 2.62. The van der Waals surface area contributed by atoms with E-state index in [0.29, 0.717) is 19.1 Å². The van der Waals surface area contributed by atoms with Crippen LogP contribution in [-0.4, -0.2) is 42.7 Å². The van der Waals surface area contributed by atoms with E-state index in [2.05, 4.69) is 0 Å². The molecule has 0 heterocycles. The molecule has 0 aliphatic rings. The van der Waals surface area contributed by atoms with Gasteiger partial charge in [-0.25, -0.2) is 0 Å². The smallest absolute Gasteiger partial charge is 0.465 e. The summed E-state index contributed by atoms with van der Waals surface area (Å²) in [4.78, 5) is 12.0.